The fourth-order valence-corrected chi connectivity index (χ4v) is 5.74. The molecule has 0 N–H and O–H groups in total. The minimum Gasteiger partial charge on any atom is -0.462 e. The molecule has 5 heteroatoms. The van der Waals surface area contributed by atoms with Crippen LogP contribution in [0.4, 0.5) is 0 Å². The molecular formula is C41H78O5. The predicted octanol–water partition coefficient (Wildman–Crippen LogP) is 12.8. The van der Waals surface area contributed by atoms with Gasteiger partial charge in [-0.05, 0) is 44.9 Å². The van der Waals surface area contributed by atoms with Crippen LogP contribution in [0.25, 0.3) is 0 Å². The third-order valence-corrected chi connectivity index (χ3v) is 8.80. The molecule has 0 heterocycles. The number of hydrogen-bond donors (Lipinski definition) is 0. The number of carbonyl (C=O) groups excluding carboxylic acids is 2. The molecule has 1 unspecified atom stereocenters. The number of rotatable bonds is 37. The van der Waals surface area contributed by atoms with Crippen LogP contribution in [0.3, 0.4) is 0 Å². The van der Waals surface area contributed by atoms with Crippen LogP contribution in [0.1, 0.15) is 213 Å². The maximum Gasteiger partial charge on any atom is 0.306 e. The molecule has 0 spiro atoms. The lowest BCUT2D eigenvalue weighted by Gasteiger charge is -2.18. The van der Waals surface area contributed by atoms with Gasteiger partial charge in [0.2, 0.25) is 0 Å². The van der Waals surface area contributed by atoms with Crippen molar-refractivity contribution in [2.24, 2.45) is 0 Å². The predicted molar refractivity (Wildman–Crippen MR) is 196 cm³/mol. The van der Waals surface area contributed by atoms with Crippen LogP contribution in [0.2, 0.25) is 0 Å². The highest BCUT2D eigenvalue weighted by atomic mass is 16.6. The highest BCUT2D eigenvalue weighted by molar-refractivity contribution is 5.70. The van der Waals surface area contributed by atoms with Gasteiger partial charge in [-0.15, -0.1) is 0 Å². The number of carbonyl (C=O) groups is 2. The van der Waals surface area contributed by atoms with Crippen molar-refractivity contribution in [3.05, 3.63) is 12.2 Å². The molecule has 1 atom stereocenters. The highest BCUT2D eigenvalue weighted by Crippen LogP contribution is 2.13. The standard InChI is InChI=1S/C41H78O5/c1-4-7-10-13-15-16-17-18-19-20-21-22-23-24-25-26-27-29-31-34-40(42)45-38-39(37-44-36-33-30-14-11-8-5-2)46-41(43)35-32-28-12-9-6-3/h18-19,39H,4-17,20-38H2,1-3H3/b19-18-. The van der Waals surface area contributed by atoms with Crippen LogP contribution in [0, 0.1) is 0 Å². The fraction of sp³-hybridized carbons (Fsp3) is 0.902. The maximum atomic E-state index is 12.4. The third-order valence-electron chi connectivity index (χ3n) is 8.80. The zero-order valence-electron chi connectivity index (χ0n) is 31.1. The molecule has 0 amide bonds. The van der Waals surface area contributed by atoms with Crippen LogP contribution in [0.15, 0.2) is 12.2 Å². The van der Waals surface area contributed by atoms with Crippen molar-refractivity contribution in [2.75, 3.05) is 19.8 Å². The lowest BCUT2D eigenvalue weighted by molar-refractivity contribution is -0.163. The minimum atomic E-state index is -0.520. The quantitative estimate of drug-likeness (QED) is 0.0380. The molecule has 46 heavy (non-hydrogen) atoms. The zero-order valence-corrected chi connectivity index (χ0v) is 31.1. The third kappa shape index (κ3) is 35.5. The van der Waals surface area contributed by atoms with E-state index < -0.39 is 6.10 Å². The molecule has 0 radical (unpaired) electrons. The largest absolute Gasteiger partial charge is 0.462 e. The van der Waals surface area contributed by atoms with E-state index in [1.165, 1.54) is 135 Å². The molecule has 5 nitrogen and oxygen atoms in total. The van der Waals surface area contributed by atoms with Crippen LogP contribution in [-0.4, -0.2) is 37.9 Å². The summed E-state index contributed by atoms with van der Waals surface area (Å²) in [6, 6.07) is 0. The molecule has 0 fully saturated rings. The molecule has 0 rings (SSSR count). The summed E-state index contributed by atoms with van der Waals surface area (Å²) in [5, 5.41) is 0. The van der Waals surface area contributed by atoms with E-state index in [0.29, 0.717) is 26.1 Å². The number of unbranched alkanes of at least 4 members (excludes halogenated alkanes) is 24. The average molecular weight is 651 g/mol. The molecule has 0 saturated heterocycles. The summed E-state index contributed by atoms with van der Waals surface area (Å²) < 4.78 is 17.0. The maximum absolute atomic E-state index is 12.4. The number of hydrogen-bond acceptors (Lipinski definition) is 5. The van der Waals surface area contributed by atoms with E-state index >= 15 is 0 Å². The second kappa shape index (κ2) is 38.1. The molecule has 0 aromatic carbocycles. The molecule has 0 saturated carbocycles. The highest BCUT2D eigenvalue weighted by Gasteiger charge is 2.17. The van der Waals surface area contributed by atoms with Crippen molar-refractivity contribution in [1.82, 2.24) is 0 Å². The Balaban J connectivity index is 3.90. The Bertz CT molecular complexity index is 661. The lowest BCUT2D eigenvalue weighted by atomic mass is 10.1. The van der Waals surface area contributed by atoms with Gasteiger partial charge in [-0.1, -0.05) is 168 Å². The topological polar surface area (TPSA) is 61.8 Å². The minimum absolute atomic E-state index is 0.0891. The monoisotopic (exact) mass is 651 g/mol. The van der Waals surface area contributed by atoms with Crippen LogP contribution >= 0.6 is 0 Å². The van der Waals surface area contributed by atoms with Crippen LogP contribution < -0.4 is 0 Å². The summed E-state index contributed by atoms with van der Waals surface area (Å²) in [7, 11) is 0. The summed E-state index contributed by atoms with van der Waals surface area (Å²) in [6.07, 6.45) is 39.6. The first kappa shape index (κ1) is 44.6. The Kier molecular flexibility index (Phi) is 37.0. The van der Waals surface area contributed by atoms with E-state index in [1.54, 1.807) is 0 Å². The van der Waals surface area contributed by atoms with Gasteiger partial charge in [0.1, 0.15) is 6.61 Å². The molecule has 0 aliphatic carbocycles. The van der Waals surface area contributed by atoms with E-state index in [-0.39, 0.29) is 18.5 Å². The first-order valence-corrected chi connectivity index (χ1v) is 20.2. The van der Waals surface area contributed by atoms with E-state index in [0.717, 1.165) is 44.9 Å². The molecule has 272 valence electrons. The van der Waals surface area contributed by atoms with Crippen molar-refractivity contribution in [3.8, 4) is 0 Å². The van der Waals surface area contributed by atoms with Crippen LogP contribution in [-0.2, 0) is 23.8 Å². The first-order chi connectivity index (χ1) is 22.6. The Labute approximate surface area is 286 Å². The van der Waals surface area contributed by atoms with E-state index in [1.807, 2.05) is 0 Å². The number of allylic oxidation sites excluding steroid dienone is 2. The molecule has 0 aromatic rings. The van der Waals surface area contributed by atoms with E-state index in [4.69, 9.17) is 14.2 Å². The Morgan fingerprint density at radius 1 is 0.457 bits per heavy atom. The summed E-state index contributed by atoms with van der Waals surface area (Å²) in [6.45, 7) is 7.72. The Morgan fingerprint density at radius 3 is 1.33 bits per heavy atom. The van der Waals surface area contributed by atoms with Crippen molar-refractivity contribution in [2.45, 2.75) is 219 Å². The van der Waals surface area contributed by atoms with Crippen molar-refractivity contribution >= 4 is 11.9 Å². The van der Waals surface area contributed by atoms with Crippen molar-refractivity contribution < 1.29 is 23.8 Å². The van der Waals surface area contributed by atoms with Crippen molar-refractivity contribution in [3.63, 3.8) is 0 Å². The van der Waals surface area contributed by atoms with Gasteiger partial charge in [0.05, 0.1) is 6.61 Å². The smallest absolute Gasteiger partial charge is 0.306 e. The average Bonchev–Trinajstić information content (AvgIpc) is 3.05. The van der Waals surface area contributed by atoms with E-state index in [2.05, 4.69) is 32.9 Å². The number of esters is 2. The number of ether oxygens (including phenoxy) is 3. The Hall–Kier alpha value is -1.36. The summed E-state index contributed by atoms with van der Waals surface area (Å²) in [5.74, 6) is -0.408. The molecule has 0 aliphatic rings. The van der Waals surface area contributed by atoms with Gasteiger partial charge in [0.25, 0.3) is 0 Å². The Morgan fingerprint density at radius 2 is 0.848 bits per heavy atom. The van der Waals surface area contributed by atoms with Gasteiger partial charge in [0.15, 0.2) is 6.10 Å². The van der Waals surface area contributed by atoms with Gasteiger partial charge in [-0.3, -0.25) is 9.59 Å². The second-order valence-electron chi connectivity index (χ2n) is 13.6. The normalized spacial score (nSPS) is 12.2. The molecule has 0 aliphatic heterocycles. The molecule has 0 bridgehead atoms. The van der Waals surface area contributed by atoms with Gasteiger partial charge in [-0.2, -0.15) is 0 Å². The van der Waals surface area contributed by atoms with Gasteiger partial charge in [-0.25, -0.2) is 0 Å². The zero-order chi connectivity index (χ0) is 33.6. The molecular weight excluding hydrogens is 572 g/mol. The molecule has 0 aromatic heterocycles. The fourth-order valence-electron chi connectivity index (χ4n) is 5.74. The summed E-state index contributed by atoms with van der Waals surface area (Å²) >= 11 is 0. The van der Waals surface area contributed by atoms with Crippen molar-refractivity contribution in [1.29, 1.82) is 0 Å². The summed E-state index contributed by atoms with van der Waals surface area (Å²) in [5.41, 5.74) is 0. The second-order valence-corrected chi connectivity index (χ2v) is 13.6. The van der Waals surface area contributed by atoms with Gasteiger partial charge < -0.3 is 14.2 Å². The summed E-state index contributed by atoms with van der Waals surface area (Å²) in [4.78, 5) is 24.8. The lowest BCUT2D eigenvalue weighted by Crippen LogP contribution is -2.30. The van der Waals surface area contributed by atoms with Gasteiger partial charge in [0, 0.05) is 19.4 Å². The van der Waals surface area contributed by atoms with E-state index in [9.17, 15) is 9.59 Å². The van der Waals surface area contributed by atoms with Crippen LogP contribution in [0.5, 0.6) is 0 Å². The first-order valence-electron chi connectivity index (χ1n) is 20.2. The van der Waals surface area contributed by atoms with Gasteiger partial charge >= 0.3 is 11.9 Å². The SMILES string of the molecule is CCCCCCCC/C=C\CCCCCCCCCCCC(=O)OCC(COCCCCCCCC)OC(=O)CCCCCCC.